The molecule has 154 valence electrons. The number of hydrogen-bond donors (Lipinski definition) is 0. The van der Waals surface area contributed by atoms with Gasteiger partial charge < -0.3 is 14.4 Å². The van der Waals surface area contributed by atoms with Crippen LogP contribution in [0.15, 0.2) is 24.3 Å². The molecule has 11 heteroatoms. The number of hydrogen-bond acceptors (Lipinski definition) is 9. The van der Waals surface area contributed by atoms with Crippen LogP contribution in [0.4, 0.5) is 10.1 Å². The van der Waals surface area contributed by atoms with E-state index in [1.807, 2.05) is 25.1 Å². The Morgan fingerprint density at radius 2 is 1.83 bits per heavy atom. The van der Waals surface area contributed by atoms with Gasteiger partial charge in [-0.05, 0) is 20.2 Å². The standard InChI is InChI=1S/C18H20N4O5S2/c1-20(2)7-8-21(17(23)14-5-6-16(28-14)22(24)25)18-19-11-9-12(26-3)13(27-4)10-15(11)29-18/h5-6,9-10H,7-8H2,1-4H3. The summed E-state index contributed by atoms with van der Waals surface area (Å²) in [6.45, 7) is 1.01. The molecule has 3 rings (SSSR count). The van der Waals surface area contributed by atoms with Gasteiger partial charge in [-0.1, -0.05) is 22.7 Å². The van der Waals surface area contributed by atoms with Crippen molar-refractivity contribution in [3.63, 3.8) is 0 Å². The highest BCUT2D eigenvalue weighted by Crippen LogP contribution is 2.38. The predicted molar refractivity (Wildman–Crippen MR) is 114 cm³/mol. The van der Waals surface area contributed by atoms with Crippen molar-refractivity contribution < 1.29 is 19.2 Å². The van der Waals surface area contributed by atoms with Crippen LogP contribution < -0.4 is 14.4 Å². The van der Waals surface area contributed by atoms with Crippen LogP contribution >= 0.6 is 22.7 Å². The van der Waals surface area contributed by atoms with Crippen LogP contribution in [0.1, 0.15) is 9.67 Å². The number of thiophene rings is 1. The Morgan fingerprint density at radius 1 is 1.14 bits per heavy atom. The van der Waals surface area contributed by atoms with Gasteiger partial charge in [0, 0.05) is 31.3 Å². The number of carbonyl (C=O) groups excluding carboxylic acids is 1. The van der Waals surface area contributed by atoms with Gasteiger partial charge in [-0.25, -0.2) is 4.98 Å². The van der Waals surface area contributed by atoms with Gasteiger partial charge in [-0.3, -0.25) is 19.8 Å². The zero-order chi connectivity index (χ0) is 21.1. The van der Waals surface area contributed by atoms with E-state index in [4.69, 9.17) is 9.47 Å². The lowest BCUT2D eigenvalue weighted by molar-refractivity contribution is -0.380. The van der Waals surface area contributed by atoms with Crippen LogP contribution in [0.25, 0.3) is 10.2 Å². The summed E-state index contributed by atoms with van der Waals surface area (Å²) >= 11 is 2.21. The number of thiazole rings is 1. The number of aromatic nitrogens is 1. The molecule has 0 aliphatic heterocycles. The molecule has 0 saturated carbocycles. The maximum Gasteiger partial charge on any atom is 0.324 e. The van der Waals surface area contributed by atoms with E-state index < -0.39 is 4.92 Å². The molecule has 2 aromatic heterocycles. The second-order valence-corrected chi connectivity index (χ2v) is 8.40. The zero-order valence-corrected chi connectivity index (χ0v) is 18.0. The molecule has 2 heterocycles. The Balaban J connectivity index is 2.01. The average molecular weight is 437 g/mol. The number of carbonyl (C=O) groups is 1. The molecule has 1 aromatic carbocycles. The second-order valence-electron chi connectivity index (χ2n) is 6.33. The molecule has 0 saturated heterocycles. The van der Waals surface area contributed by atoms with Gasteiger partial charge in [0.2, 0.25) is 0 Å². The molecular weight excluding hydrogens is 416 g/mol. The summed E-state index contributed by atoms with van der Waals surface area (Å²) < 4.78 is 11.5. The first kappa shape index (κ1) is 21.0. The number of anilines is 1. The Morgan fingerprint density at radius 3 is 2.41 bits per heavy atom. The second kappa shape index (κ2) is 8.72. The highest BCUT2D eigenvalue weighted by molar-refractivity contribution is 7.22. The number of benzene rings is 1. The van der Waals surface area contributed by atoms with Crippen LogP contribution in [-0.2, 0) is 0 Å². The first-order valence-corrected chi connectivity index (χ1v) is 10.2. The van der Waals surface area contributed by atoms with Gasteiger partial charge in [-0.15, -0.1) is 0 Å². The maximum absolute atomic E-state index is 13.1. The molecule has 29 heavy (non-hydrogen) atoms. The van der Waals surface area contributed by atoms with Gasteiger partial charge in [0.15, 0.2) is 16.6 Å². The van der Waals surface area contributed by atoms with Gasteiger partial charge in [0.1, 0.15) is 0 Å². The van der Waals surface area contributed by atoms with E-state index in [1.165, 1.54) is 23.5 Å². The fraction of sp³-hybridized carbons (Fsp3) is 0.333. The minimum atomic E-state index is -0.498. The van der Waals surface area contributed by atoms with Gasteiger partial charge in [0.25, 0.3) is 5.91 Å². The van der Waals surface area contributed by atoms with Crippen LogP contribution in [0, 0.1) is 10.1 Å². The normalized spacial score (nSPS) is 11.1. The lowest BCUT2D eigenvalue weighted by Crippen LogP contribution is -2.36. The Hall–Kier alpha value is -2.76. The molecule has 1 amide bonds. The monoisotopic (exact) mass is 436 g/mol. The topological polar surface area (TPSA) is 98.0 Å². The van der Waals surface area contributed by atoms with Gasteiger partial charge in [0.05, 0.1) is 34.2 Å². The van der Waals surface area contributed by atoms with Gasteiger partial charge in [-0.2, -0.15) is 0 Å². The summed E-state index contributed by atoms with van der Waals surface area (Å²) in [5, 5.41) is 11.4. The van der Waals surface area contributed by atoms with Crippen molar-refractivity contribution in [1.29, 1.82) is 0 Å². The number of nitrogens with zero attached hydrogens (tertiary/aromatic N) is 4. The van der Waals surface area contributed by atoms with Gasteiger partial charge >= 0.3 is 5.00 Å². The van der Waals surface area contributed by atoms with E-state index in [0.29, 0.717) is 40.1 Å². The number of amides is 1. The Kier molecular flexibility index (Phi) is 6.30. The molecule has 0 bridgehead atoms. The van der Waals surface area contributed by atoms with Crippen molar-refractivity contribution in [2.24, 2.45) is 0 Å². The predicted octanol–water partition coefficient (Wildman–Crippen LogP) is 3.49. The minimum Gasteiger partial charge on any atom is -0.493 e. The van der Waals surface area contributed by atoms with Crippen molar-refractivity contribution >= 4 is 48.9 Å². The van der Waals surface area contributed by atoms with Crippen LogP contribution in [0.5, 0.6) is 11.5 Å². The maximum atomic E-state index is 13.1. The van der Waals surface area contributed by atoms with E-state index in [-0.39, 0.29) is 10.9 Å². The first-order chi connectivity index (χ1) is 13.8. The van der Waals surface area contributed by atoms with Crippen molar-refractivity contribution in [2.75, 3.05) is 46.3 Å². The summed E-state index contributed by atoms with van der Waals surface area (Å²) in [4.78, 5) is 32.0. The molecule has 0 fully saturated rings. The average Bonchev–Trinajstić information content (AvgIpc) is 3.33. The molecule has 0 aliphatic rings. The first-order valence-electron chi connectivity index (χ1n) is 8.57. The number of ether oxygens (including phenoxy) is 2. The summed E-state index contributed by atoms with van der Waals surface area (Å²) in [5.74, 6) is 0.815. The van der Waals surface area contributed by atoms with E-state index >= 15 is 0 Å². The quantitative estimate of drug-likeness (QED) is 0.394. The third-order valence-electron chi connectivity index (χ3n) is 4.11. The van der Waals surface area contributed by atoms with E-state index in [9.17, 15) is 14.9 Å². The fourth-order valence-electron chi connectivity index (χ4n) is 2.62. The number of likely N-dealkylation sites (N-methyl/N-ethyl adjacent to an activating group) is 1. The molecule has 0 unspecified atom stereocenters. The lowest BCUT2D eigenvalue weighted by Gasteiger charge is -2.21. The third-order valence-corrected chi connectivity index (χ3v) is 6.18. The van der Waals surface area contributed by atoms with E-state index in [1.54, 1.807) is 25.2 Å². The van der Waals surface area contributed by atoms with Crippen LogP contribution in [-0.4, -0.2) is 62.1 Å². The van der Waals surface area contributed by atoms with Crippen LogP contribution in [0.3, 0.4) is 0 Å². The Bertz CT molecular complexity index is 1010. The molecule has 0 atom stereocenters. The van der Waals surface area contributed by atoms with Crippen molar-refractivity contribution in [3.05, 3.63) is 39.3 Å². The van der Waals surface area contributed by atoms with Crippen LogP contribution in [0.2, 0.25) is 0 Å². The number of rotatable bonds is 8. The number of nitro groups is 1. The third kappa shape index (κ3) is 4.47. The van der Waals surface area contributed by atoms with E-state index in [2.05, 4.69) is 4.98 Å². The fourth-order valence-corrected chi connectivity index (χ4v) is 4.39. The number of fused-ring (bicyclic) bond motifs is 1. The molecule has 0 aliphatic carbocycles. The summed E-state index contributed by atoms with van der Waals surface area (Å²) in [6.07, 6.45) is 0. The number of methoxy groups -OCH3 is 2. The highest BCUT2D eigenvalue weighted by atomic mass is 32.1. The minimum absolute atomic E-state index is 0.0697. The molecule has 3 aromatic rings. The van der Waals surface area contributed by atoms with Crippen molar-refractivity contribution in [3.8, 4) is 11.5 Å². The molecule has 9 nitrogen and oxygen atoms in total. The lowest BCUT2D eigenvalue weighted by atomic mass is 10.3. The molecule has 0 radical (unpaired) electrons. The molecule has 0 spiro atoms. The summed E-state index contributed by atoms with van der Waals surface area (Å²) in [6, 6.07) is 6.40. The largest absolute Gasteiger partial charge is 0.493 e. The van der Waals surface area contributed by atoms with E-state index in [0.717, 1.165) is 16.0 Å². The Labute approximate surface area is 175 Å². The van der Waals surface area contributed by atoms with Crippen molar-refractivity contribution in [2.45, 2.75) is 0 Å². The molecule has 0 N–H and O–H groups in total. The highest BCUT2D eigenvalue weighted by Gasteiger charge is 2.25. The SMILES string of the molecule is COc1cc2nc(N(CCN(C)C)C(=O)c3ccc([N+](=O)[O-])s3)sc2cc1OC. The smallest absolute Gasteiger partial charge is 0.324 e. The zero-order valence-electron chi connectivity index (χ0n) is 16.4. The van der Waals surface area contributed by atoms with Crippen molar-refractivity contribution in [1.82, 2.24) is 9.88 Å². The summed E-state index contributed by atoms with van der Waals surface area (Å²) in [7, 11) is 6.93. The summed E-state index contributed by atoms with van der Waals surface area (Å²) in [5.41, 5.74) is 0.683. The molecular formula is C18H20N4O5S2.